The zero-order valence-corrected chi connectivity index (χ0v) is 17.4. The molecule has 7 nitrogen and oxygen atoms in total. The smallest absolute Gasteiger partial charge is 0.246 e. The Morgan fingerprint density at radius 2 is 2.07 bits per heavy atom. The number of nitrogens with zero attached hydrogens (tertiary/aromatic N) is 3. The third-order valence-corrected chi connectivity index (χ3v) is 6.70. The van der Waals surface area contributed by atoms with Crippen molar-refractivity contribution < 1.29 is 9.59 Å². The molecule has 2 saturated heterocycles. The molecule has 1 spiro atoms. The van der Waals surface area contributed by atoms with Gasteiger partial charge in [0.05, 0.1) is 16.6 Å². The molecule has 3 aliphatic rings. The van der Waals surface area contributed by atoms with Crippen LogP contribution in [0.25, 0.3) is 12.2 Å². The number of carbonyl (C=O) groups is 2. The Morgan fingerprint density at radius 1 is 1.23 bits per heavy atom. The first-order valence-corrected chi connectivity index (χ1v) is 11.1. The van der Waals surface area contributed by atoms with E-state index >= 15 is 0 Å². The van der Waals surface area contributed by atoms with Crippen LogP contribution in [0.15, 0.2) is 34.8 Å². The SMILES string of the molecule is O=C(C=Cc1cnc2c(c1)CC1(CNC1)C(=O)N2)N1CCC(=Cc2cscn2)CC1. The second kappa shape index (κ2) is 7.77. The van der Waals surface area contributed by atoms with E-state index in [2.05, 4.69) is 26.7 Å². The Balaban J connectivity index is 1.21. The molecular weight excluding hydrogens is 398 g/mol. The summed E-state index contributed by atoms with van der Waals surface area (Å²) in [6, 6.07) is 2.02. The molecule has 0 radical (unpaired) electrons. The Morgan fingerprint density at radius 3 is 2.77 bits per heavy atom. The van der Waals surface area contributed by atoms with Gasteiger partial charge in [0, 0.05) is 43.8 Å². The molecule has 2 fully saturated rings. The number of aromatic nitrogens is 2. The zero-order chi connectivity index (χ0) is 20.6. The number of likely N-dealkylation sites (tertiary alicyclic amines) is 1. The van der Waals surface area contributed by atoms with Crippen molar-refractivity contribution in [3.8, 4) is 0 Å². The van der Waals surface area contributed by atoms with E-state index in [1.54, 1.807) is 23.6 Å². The van der Waals surface area contributed by atoms with Gasteiger partial charge in [-0.2, -0.15) is 0 Å². The molecule has 0 bridgehead atoms. The fraction of sp³-hybridized carbons (Fsp3) is 0.364. The topological polar surface area (TPSA) is 87.2 Å². The highest BCUT2D eigenvalue weighted by molar-refractivity contribution is 7.07. The van der Waals surface area contributed by atoms with E-state index < -0.39 is 0 Å². The fourth-order valence-electron chi connectivity index (χ4n) is 4.20. The summed E-state index contributed by atoms with van der Waals surface area (Å²) in [5, 5.41) is 8.14. The van der Waals surface area contributed by atoms with Gasteiger partial charge in [0.2, 0.25) is 11.8 Å². The summed E-state index contributed by atoms with van der Waals surface area (Å²) in [4.78, 5) is 35.5. The molecule has 2 aromatic heterocycles. The molecule has 3 aliphatic heterocycles. The van der Waals surface area contributed by atoms with Crippen LogP contribution < -0.4 is 10.6 Å². The predicted molar refractivity (Wildman–Crippen MR) is 117 cm³/mol. The normalized spacial score (nSPS) is 20.1. The first-order chi connectivity index (χ1) is 14.6. The number of anilines is 1. The number of nitrogens with one attached hydrogen (secondary N) is 2. The van der Waals surface area contributed by atoms with Crippen LogP contribution in [0.5, 0.6) is 0 Å². The van der Waals surface area contributed by atoms with Gasteiger partial charge in [-0.25, -0.2) is 9.97 Å². The number of rotatable bonds is 3. The van der Waals surface area contributed by atoms with Crippen molar-refractivity contribution in [1.29, 1.82) is 0 Å². The summed E-state index contributed by atoms with van der Waals surface area (Å²) >= 11 is 1.59. The fourth-order valence-corrected chi connectivity index (χ4v) is 4.71. The third-order valence-electron chi connectivity index (χ3n) is 6.10. The van der Waals surface area contributed by atoms with Gasteiger partial charge in [0.15, 0.2) is 0 Å². The Kier molecular flexibility index (Phi) is 4.96. The molecule has 0 aromatic carbocycles. The zero-order valence-electron chi connectivity index (χ0n) is 16.6. The minimum atomic E-state index is -0.343. The summed E-state index contributed by atoms with van der Waals surface area (Å²) < 4.78 is 0. The quantitative estimate of drug-likeness (QED) is 0.743. The average Bonchev–Trinajstić information content (AvgIpc) is 3.24. The van der Waals surface area contributed by atoms with E-state index in [1.807, 2.05) is 27.9 Å². The van der Waals surface area contributed by atoms with Crippen molar-refractivity contribution in [2.24, 2.45) is 5.41 Å². The highest BCUT2D eigenvalue weighted by atomic mass is 32.1. The molecule has 5 heterocycles. The molecule has 154 valence electrons. The van der Waals surface area contributed by atoms with E-state index in [0.717, 1.165) is 42.8 Å². The van der Waals surface area contributed by atoms with E-state index in [1.165, 1.54) is 5.57 Å². The molecule has 5 rings (SSSR count). The summed E-state index contributed by atoms with van der Waals surface area (Å²) in [5.41, 5.74) is 5.74. The van der Waals surface area contributed by atoms with Crippen molar-refractivity contribution in [2.45, 2.75) is 19.3 Å². The van der Waals surface area contributed by atoms with Gasteiger partial charge < -0.3 is 15.5 Å². The van der Waals surface area contributed by atoms with Gasteiger partial charge >= 0.3 is 0 Å². The van der Waals surface area contributed by atoms with Crippen molar-refractivity contribution in [3.05, 3.63) is 51.6 Å². The Bertz CT molecular complexity index is 1030. The number of fused-ring (bicyclic) bond motifs is 1. The summed E-state index contributed by atoms with van der Waals surface area (Å²) in [7, 11) is 0. The van der Waals surface area contributed by atoms with Crippen LogP contribution in [0.2, 0.25) is 0 Å². The number of thiazole rings is 1. The van der Waals surface area contributed by atoms with Gasteiger partial charge in [0.25, 0.3) is 0 Å². The molecule has 0 aliphatic carbocycles. The van der Waals surface area contributed by atoms with Gasteiger partial charge in [0.1, 0.15) is 5.82 Å². The van der Waals surface area contributed by atoms with Crippen LogP contribution in [0.4, 0.5) is 5.82 Å². The maximum atomic E-state index is 12.6. The van der Waals surface area contributed by atoms with Crippen LogP contribution >= 0.6 is 11.3 Å². The molecule has 2 N–H and O–H groups in total. The molecule has 30 heavy (non-hydrogen) atoms. The number of amides is 2. The summed E-state index contributed by atoms with van der Waals surface area (Å²) in [6.45, 7) is 2.85. The van der Waals surface area contributed by atoms with Gasteiger partial charge in [-0.15, -0.1) is 11.3 Å². The van der Waals surface area contributed by atoms with E-state index in [0.29, 0.717) is 25.3 Å². The van der Waals surface area contributed by atoms with E-state index in [4.69, 9.17) is 0 Å². The lowest BCUT2D eigenvalue weighted by Gasteiger charge is -2.43. The maximum absolute atomic E-state index is 12.6. The predicted octanol–water partition coefficient (Wildman–Crippen LogP) is 2.34. The number of hydrogen-bond donors (Lipinski definition) is 2. The lowest BCUT2D eigenvalue weighted by molar-refractivity contribution is -0.129. The first-order valence-electron chi connectivity index (χ1n) is 10.2. The highest BCUT2D eigenvalue weighted by Crippen LogP contribution is 2.36. The summed E-state index contributed by atoms with van der Waals surface area (Å²) in [6.07, 6.45) is 9.73. The van der Waals surface area contributed by atoms with E-state index in [9.17, 15) is 9.59 Å². The largest absolute Gasteiger partial charge is 0.339 e. The van der Waals surface area contributed by atoms with Crippen LogP contribution in [0, 0.1) is 5.41 Å². The van der Waals surface area contributed by atoms with Crippen molar-refractivity contribution in [1.82, 2.24) is 20.2 Å². The van der Waals surface area contributed by atoms with Crippen LogP contribution in [0.1, 0.15) is 29.7 Å². The van der Waals surface area contributed by atoms with Gasteiger partial charge in [-0.05, 0) is 48.6 Å². The molecule has 8 heteroatoms. The second-order valence-electron chi connectivity index (χ2n) is 8.17. The monoisotopic (exact) mass is 421 g/mol. The molecule has 2 aromatic rings. The van der Waals surface area contributed by atoms with Crippen LogP contribution in [-0.2, 0) is 16.0 Å². The molecular formula is C22H23N5O2S. The highest BCUT2D eigenvalue weighted by Gasteiger charge is 2.47. The summed E-state index contributed by atoms with van der Waals surface area (Å²) in [5.74, 6) is 0.706. The number of carbonyl (C=O) groups excluding carboxylic acids is 2. The number of pyridine rings is 1. The van der Waals surface area contributed by atoms with Crippen LogP contribution in [-0.4, -0.2) is 52.9 Å². The minimum Gasteiger partial charge on any atom is -0.339 e. The minimum absolute atomic E-state index is 0.0217. The molecule has 2 amide bonds. The second-order valence-corrected chi connectivity index (χ2v) is 8.88. The van der Waals surface area contributed by atoms with Crippen molar-refractivity contribution >= 4 is 41.1 Å². The number of piperidine rings is 1. The average molecular weight is 422 g/mol. The first kappa shape index (κ1) is 19.1. The molecule has 0 saturated carbocycles. The lowest BCUT2D eigenvalue weighted by Crippen LogP contribution is -2.62. The lowest BCUT2D eigenvalue weighted by atomic mass is 9.73. The maximum Gasteiger partial charge on any atom is 0.246 e. The van der Waals surface area contributed by atoms with Gasteiger partial charge in [-0.3, -0.25) is 9.59 Å². The standard InChI is InChI=1S/C22H23N5O2S/c28-19(27-5-3-15(4-6-27)8-18-11-30-14-25-18)2-1-16-7-17-9-22(12-23-13-22)21(29)26-20(17)24-10-16/h1-2,7-8,10-11,14,23H,3-6,9,12-13H2,(H,24,26,29). The van der Waals surface area contributed by atoms with E-state index in [-0.39, 0.29) is 17.2 Å². The number of hydrogen-bond acceptors (Lipinski definition) is 6. The Labute approximate surface area is 178 Å². The van der Waals surface area contributed by atoms with Crippen molar-refractivity contribution in [2.75, 3.05) is 31.5 Å². The van der Waals surface area contributed by atoms with Gasteiger partial charge in [-0.1, -0.05) is 5.57 Å². The third kappa shape index (κ3) is 3.68. The van der Waals surface area contributed by atoms with Crippen molar-refractivity contribution in [3.63, 3.8) is 0 Å². The molecule has 0 atom stereocenters. The van der Waals surface area contributed by atoms with Crippen LogP contribution in [0.3, 0.4) is 0 Å². The molecule has 0 unspecified atom stereocenters. The Hall–Kier alpha value is -2.84.